The highest BCUT2D eigenvalue weighted by atomic mass is 16.4. The van der Waals surface area contributed by atoms with Crippen molar-refractivity contribution in [3.8, 4) is 0 Å². The maximum atomic E-state index is 12.4. The molecule has 0 atom stereocenters. The first kappa shape index (κ1) is 16.0. The number of carbonyl (C=O) groups excluding carboxylic acids is 1. The van der Waals surface area contributed by atoms with E-state index in [0.29, 0.717) is 0 Å². The summed E-state index contributed by atoms with van der Waals surface area (Å²) in [5.41, 5.74) is 0. The highest BCUT2D eigenvalue weighted by molar-refractivity contribution is 5.79. The molecule has 1 heterocycles. The highest BCUT2D eigenvalue weighted by Crippen LogP contribution is 2.24. The van der Waals surface area contributed by atoms with Crippen LogP contribution < -0.4 is 0 Å². The van der Waals surface area contributed by atoms with E-state index in [1.165, 1.54) is 0 Å². The van der Waals surface area contributed by atoms with E-state index in [1.54, 1.807) is 0 Å². The van der Waals surface area contributed by atoms with Gasteiger partial charge in [0, 0.05) is 25.4 Å². The molecule has 4 nitrogen and oxygen atoms in total. The van der Waals surface area contributed by atoms with Gasteiger partial charge in [-0.25, -0.2) is 0 Å². The molecule has 110 valence electrons. The smallest absolute Gasteiger partial charge is 0.303 e. The Kier molecular flexibility index (Phi) is 6.89. The average Bonchev–Trinajstić information content (AvgIpc) is 2.38. The minimum atomic E-state index is -0.723. The number of carboxylic acid groups (broad SMARTS) is 1. The molecule has 1 rings (SSSR count). The first-order chi connectivity index (χ1) is 9.08. The topological polar surface area (TPSA) is 57.6 Å². The monoisotopic (exact) mass is 269 g/mol. The lowest BCUT2D eigenvalue weighted by molar-refractivity contribution is -0.139. The summed E-state index contributed by atoms with van der Waals surface area (Å²) >= 11 is 0. The van der Waals surface area contributed by atoms with Gasteiger partial charge in [0.25, 0.3) is 0 Å². The lowest BCUT2D eigenvalue weighted by Gasteiger charge is -2.33. The van der Waals surface area contributed by atoms with Crippen molar-refractivity contribution in [2.24, 2.45) is 11.8 Å². The van der Waals surface area contributed by atoms with Gasteiger partial charge in [-0.2, -0.15) is 0 Å². The molecule has 0 spiro atoms. The first-order valence-corrected chi connectivity index (χ1v) is 7.59. The van der Waals surface area contributed by atoms with E-state index in [2.05, 4.69) is 13.8 Å². The van der Waals surface area contributed by atoms with Crippen molar-refractivity contribution in [2.75, 3.05) is 13.1 Å². The molecule has 0 radical (unpaired) electrons. The van der Waals surface area contributed by atoms with Gasteiger partial charge in [-0.3, -0.25) is 9.59 Å². The fourth-order valence-electron chi connectivity index (χ4n) is 2.95. The number of carbonyl (C=O) groups is 2. The van der Waals surface area contributed by atoms with Crippen LogP contribution in [0.15, 0.2) is 0 Å². The Balaban J connectivity index is 2.44. The molecule has 1 saturated heterocycles. The second-order valence-corrected chi connectivity index (χ2v) is 5.64. The molecule has 0 aromatic carbocycles. The number of likely N-dealkylation sites (tertiary alicyclic amines) is 1. The van der Waals surface area contributed by atoms with Gasteiger partial charge in [-0.1, -0.05) is 26.7 Å². The number of rotatable bonds is 7. The molecule has 0 bridgehead atoms. The minimum absolute atomic E-state index is 0.172. The molecule has 4 heteroatoms. The Labute approximate surface area is 116 Å². The van der Waals surface area contributed by atoms with Gasteiger partial charge < -0.3 is 10.0 Å². The number of aliphatic carboxylic acids is 1. The summed E-state index contributed by atoms with van der Waals surface area (Å²) in [5, 5.41) is 8.79. The van der Waals surface area contributed by atoms with E-state index in [-0.39, 0.29) is 24.2 Å². The number of hydrogen-bond acceptors (Lipinski definition) is 2. The Hall–Kier alpha value is -1.06. The summed E-state index contributed by atoms with van der Waals surface area (Å²) in [5.74, 6) is -0.0135. The molecular weight excluding hydrogens is 242 g/mol. The Morgan fingerprint density at radius 1 is 1.16 bits per heavy atom. The molecule has 1 fully saturated rings. The molecule has 1 aliphatic heterocycles. The van der Waals surface area contributed by atoms with Crippen LogP contribution in [0.5, 0.6) is 0 Å². The molecule has 1 amide bonds. The molecule has 0 saturated carbocycles. The van der Waals surface area contributed by atoms with Crippen LogP contribution in [0.3, 0.4) is 0 Å². The summed E-state index contributed by atoms with van der Waals surface area (Å²) in [7, 11) is 0. The van der Waals surface area contributed by atoms with E-state index in [9.17, 15) is 9.59 Å². The standard InChI is InChI=1S/C15H27NO3/c1-3-5-13(6-4-2)15(19)16-9-7-12(8-10-16)11-14(17)18/h12-13H,3-11H2,1-2H3,(H,17,18). The maximum absolute atomic E-state index is 12.4. The predicted octanol–water partition coefficient (Wildman–Crippen LogP) is 2.92. The van der Waals surface area contributed by atoms with E-state index in [0.717, 1.165) is 51.6 Å². The van der Waals surface area contributed by atoms with Crippen LogP contribution in [0.1, 0.15) is 58.8 Å². The van der Waals surface area contributed by atoms with E-state index >= 15 is 0 Å². The van der Waals surface area contributed by atoms with Crippen molar-refractivity contribution in [2.45, 2.75) is 58.8 Å². The first-order valence-electron chi connectivity index (χ1n) is 7.59. The van der Waals surface area contributed by atoms with Gasteiger partial charge in [0.15, 0.2) is 0 Å². The number of nitrogens with zero attached hydrogens (tertiary/aromatic N) is 1. The summed E-state index contributed by atoms with van der Waals surface area (Å²) in [6.07, 6.45) is 5.96. The predicted molar refractivity (Wildman–Crippen MR) is 74.9 cm³/mol. The van der Waals surface area contributed by atoms with Crippen molar-refractivity contribution in [3.63, 3.8) is 0 Å². The number of amides is 1. The van der Waals surface area contributed by atoms with Crippen molar-refractivity contribution in [1.82, 2.24) is 4.90 Å². The summed E-state index contributed by atoms with van der Waals surface area (Å²) in [6.45, 7) is 5.71. The Bertz CT molecular complexity index is 290. The molecule has 1 N–H and O–H groups in total. The van der Waals surface area contributed by atoms with Crippen LogP contribution in [-0.2, 0) is 9.59 Å². The summed E-state index contributed by atoms with van der Waals surface area (Å²) in [4.78, 5) is 25.1. The lowest BCUT2D eigenvalue weighted by atomic mass is 9.91. The van der Waals surface area contributed by atoms with Gasteiger partial charge in [-0.15, -0.1) is 0 Å². The maximum Gasteiger partial charge on any atom is 0.303 e. The van der Waals surface area contributed by atoms with E-state index in [4.69, 9.17) is 5.11 Å². The van der Waals surface area contributed by atoms with Crippen LogP contribution in [0.4, 0.5) is 0 Å². The Morgan fingerprint density at radius 2 is 1.68 bits per heavy atom. The molecule has 1 aliphatic rings. The van der Waals surface area contributed by atoms with Crippen molar-refractivity contribution in [1.29, 1.82) is 0 Å². The fraction of sp³-hybridized carbons (Fsp3) is 0.867. The normalized spacial score (nSPS) is 16.9. The Morgan fingerprint density at radius 3 is 2.11 bits per heavy atom. The fourth-order valence-corrected chi connectivity index (χ4v) is 2.95. The quantitative estimate of drug-likeness (QED) is 0.773. The zero-order valence-corrected chi connectivity index (χ0v) is 12.2. The lowest BCUT2D eigenvalue weighted by Crippen LogP contribution is -2.42. The minimum Gasteiger partial charge on any atom is -0.481 e. The molecule has 0 aromatic rings. The second-order valence-electron chi connectivity index (χ2n) is 5.64. The SMILES string of the molecule is CCCC(CCC)C(=O)N1CCC(CC(=O)O)CC1. The van der Waals surface area contributed by atoms with Crippen LogP contribution in [0.2, 0.25) is 0 Å². The number of hydrogen-bond donors (Lipinski definition) is 1. The molecular formula is C15H27NO3. The van der Waals surface area contributed by atoms with Gasteiger partial charge in [0.2, 0.25) is 5.91 Å². The highest BCUT2D eigenvalue weighted by Gasteiger charge is 2.27. The van der Waals surface area contributed by atoms with Crippen molar-refractivity contribution < 1.29 is 14.7 Å². The van der Waals surface area contributed by atoms with Crippen LogP contribution >= 0.6 is 0 Å². The zero-order chi connectivity index (χ0) is 14.3. The molecule has 19 heavy (non-hydrogen) atoms. The third-order valence-electron chi connectivity index (χ3n) is 4.01. The van der Waals surface area contributed by atoms with Crippen LogP contribution in [-0.4, -0.2) is 35.0 Å². The van der Waals surface area contributed by atoms with Crippen LogP contribution in [0, 0.1) is 11.8 Å². The van der Waals surface area contributed by atoms with E-state index in [1.807, 2.05) is 4.90 Å². The number of piperidine rings is 1. The average molecular weight is 269 g/mol. The molecule has 0 aliphatic carbocycles. The van der Waals surface area contributed by atoms with Crippen molar-refractivity contribution >= 4 is 11.9 Å². The summed E-state index contributed by atoms with van der Waals surface area (Å²) < 4.78 is 0. The van der Waals surface area contributed by atoms with Gasteiger partial charge in [-0.05, 0) is 31.6 Å². The van der Waals surface area contributed by atoms with E-state index < -0.39 is 5.97 Å². The van der Waals surface area contributed by atoms with Crippen LogP contribution in [0.25, 0.3) is 0 Å². The molecule has 0 unspecified atom stereocenters. The summed E-state index contributed by atoms with van der Waals surface area (Å²) in [6, 6.07) is 0. The number of carboxylic acids is 1. The largest absolute Gasteiger partial charge is 0.481 e. The molecule has 0 aromatic heterocycles. The van der Waals surface area contributed by atoms with Gasteiger partial charge in [0.05, 0.1) is 0 Å². The zero-order valence-electron chi connectivity index (χ0n) is 12.2. The van der Waals surface area contributed by atoms with Crippen molar-refractivity contribution in [3.05, 3.63) is 0 Å². The second kappa shape index (κ2) is 8.18. The third kappa shape index (κ3) is 5.21. The third-order valence-corrected chi connectivity index (χ3v) is 4.01. The van der Waals surface area contributed by atoms with Gasteiger partial charge in [0.1, 0.15) is 0 Å². The van der Waals surface area contributed by atoms with Gasteiger partial charge >= 0.3 is 5.97 Å².